The van der Waals surface area contributed by atoms with Gasteiger partial charge < -0.3 is 0 Å². The molecule has 0 saturated carbocycles. The first-order chi connectivity index (χ1) is 8.33. The Morgan fingerprint density at radius 3 is 2.82 bits per heavy atom. The number of hydrogen-bond donors (Lipinski definition) is 1. The van der Waals surface area contributed by atoms with Crippen molar-refractivity contribution in [3.05, 3.63) is 35.9 Å². The summed E-state index contributed by atoms with van der Waals surface area (Å²) in [5, 5.41) is 3.91. The highest BCUT2D eigenvalue weighted by atomic mass is 16.2. The first kappa shape index (κ1) is 13.4. The van der Waals surface area contributed by atoms with Crippen LogP contribution in [0.4, 0.5) is 0 Å². The van der Waals surface area contributed by atoms with Gasteiger partial charge in [0.25, 0.3) is 0 Å². The van der Waals surface area contributed by atoms with E-state index < -0.39 is 0 Å². The Hall–Kier alpha value is -1.64. The second-order valence-corrected chi connectivity index (χ2v) is 3.97. The maximum Gasteiger partial charge on any atom is 0.240 e. The molecule has 0 aliphatic heterocycles. The number of unbranched alkanes of at least 4 members (excludes halogenated alkanes) is 1. The quantitative estimate of drug-likeness (QED) is 0.570. The molecule has 3 heteroatoms. The number of nitrogens with one attached hydrogen (secondary N) is 1. The lowest BCUT2D eigenvalue weighted by molar-refractivity contribution is -0.121. The van der Waals surface area contributed by atoms with Crippen LogP contribution in [-0.2, 0) is 11.2 Å². The summed E-state index contributed by atoms with van der Waals surface area (Å²) in [4.78, 5) is 11.2. The zero-order valence-electron chi connectivity index (χ0n) is 10.4. The monoisotopic (exact) mass is 232 g/mol. The van der Waals surface area contributed by atoms with Crippen LogP contribution < -0.4 is 5.43 Å². The first-order valence-electron chi connectivity index (χ1n) is 6.17. The van der Waals surface area contributed by atoms with Crippen molar-refractivity contribution in [2.75, 3.05) is 0 Å². The fourth-order valence-electron chi connectivity index (χ4n) is 1.45. The van der Waals surface area contributed by atoms with E-state index in [0.29, 0.717) is 6.42 Å². The summed E-state index contributed by atoms with van der Waals surface area (Å²) in [6, 6.07) is 10.2. The predicted octanol–water partition coefficient (Wildman–Crippen LogP) is 2.91. The van der Waals surface area contributed by atoms with Gasteiger partial charge in [0.15, 0.2) is 0 Å². The maximum atomic E-state index is 11.2. The zero-order valence-corrected chi connectivity index (χ0v) is 10.4. The van der Waals surface area contributed by atoms with E-state index in [1.807, 2.05) is 18.2 Å². The lowest BCUT2D eigenvalue weighted by Gasteiger charge is -1.98. The molecular formula is C14H20N2O. The first-order valence-corrected chi connectivity index (χ1v) is 6.17. The van der Waals surface area contributed by atoms with Gasteiger partial charge in [-0.05, 0) is 24.8 Å². The molecule has 1 aromatic carbocycles. The van der Waals surface area contributed by atoms with Gasteiger partial charge in [0, 0.05) is 12.6 Å². The van der Waals surface area contributed by atoms with Crippen LogP contribution in [0, 0.1) is 0 Å². The van der Waals surface area contributed by atoms with Crippen molar-refractivity contribution in [3.8, 4) is 0 Å². The van der Waals surface area contributed by atoms with Crippen LogP contribution in [0.3, 0.4) is 0 Å². The number of nitrogens with zero attached hydrogens (tertiary/aromatic N) is 1. The standard InChI is InChI=1S/C14H20N2O/c1-2-3-11-14(17)16-15-12-7-10-13-8-5-4-6-9-13/h4-6,8-9,12H,2-3,7,10-11H2,1H3,(H,16,17)/b15-12+. The van der Waals surface area contributed by atoms with E-state index in [1.54, 1.807) is 6.21 Å². The number of carbonyl (C=O) groups is 1. The average Bonchev–Trinajstić information content (AvgIpc) is 2.37. The SMILES string of the molecule is CCCCC(=O)N/N=C/CCc1ccccc1. The van der Waals surface area contributed by atoms with Gasteiger partial charge >= 0.3 is 0 Å². The van der Waals surface area contributed by atoms with Gasteiger partial charge in [0.1, 0.15) is 0 Å². The van der Waals surface area contributed by atoms with Crippen LogP contribution in [0.1, 0.15) is 38.2 Å². The lowest BCUT2D eigenvalue weighted by atomic mass is 10.1. The topological polar surface area (TPSA) is 41.5 Å². The third-order valence-corrected chi connectivity index (χ3v) is 2.44. The minimum Gasteiger partial charge on any atom is -0.273 e. The van der Waals surface area contributed by atoms with Crippen molar-refractivity contribution in [2.45, 2.75) is 39.0 Å². The number of hydrazone groups is 1. The van der Waals surface area contributed by atoms with E-state index in [0.717, 1.165) is 25.7 Å². The molecule has 1 rings (SSSR count). The van der Waals surface area contributed by atoms with E-state index >= 15 is 0 Å². The molecule has 1 N–H and O–H groups in total. The van der Waals surface area contributed by atoms with Crippen LogP contribution >= 0.6 is 0 Å². The van der Waals surface area contributed by atoms with Crippen LogP contribution in [-0.4, -0.2) is 12.1 Å². The molecule has 0 radical (unpaired) electrons. The number of benzene rings is 1. The molecular weight excluding hydrogens is 212 g/mol. The molecule has 0 spiro atoms. The fourth-order valence-corrected chi connectivity index (χ4v) is 1.45. The Kier molecular flexibility index (Phi) is 6.72. The molecule has 0 unspecified atom stereocenters. The molecule has 1 amide bonds. The molecule has 0 aliphatic carbocycles. The normalized spacial score (nSPS) is 10.6. The van der Waals surface area contributed by atoms with E-state index in [-0.39, 0.29) is 5.91 Å². The van der Waals surface area contributed by atoms with E-state index in [1.165, 1.54) is 5.56 Å². The molecule has 1 aromatic rings. The highest BCUT2D eigenvalue weighted by Gasteiger charge is 1.96. The minimum atomic E-state index is 0.00260. The summed E-state index contributed by atoms with van der Waals surface area (Å²) in [5.74, 6) is 0.00260. The highest BCUT2D eigenvalue weighted by molar-refractivity contribution is 5.76. The van der Waals surface area contributed by atoms with Crippen molar-refractivity contribution in [1.82, 2.24) is 5.43 Å². The average molecular weight is 232 g/mol. The number of rotatable bonds is 7. The molecule has 0 saturated heterocycles. The third-order valence-electron chi connectivity index (χ3n) is 2.44. The Morgan fingerprint density at radius 1 is 1.35 bits per heavy atom. The summed E-state index contributed by atoms with van der Waals surface area (Å²) in [6.45, 7) is 2.07. The van der Waals surface area contributed by atoms with Gasteiger partial charge in [-0.15, -0.1) is 0 Å². The molecule has 0 atom stereocenters. The molecule has 0 fully saturated rings. The van der Waals surface area contributed by atoms with Crippen LogP contribution in [0.15, 0.2) is 35.4 Å². The van der Waals surface area contributed by atoms with Gasteiger partial charge in [-0.2, -0.15) is 5.10 Å². The molecule has 92 valence electrons. The third kappa shape index (κ3) is 6.51. The molecule has 17 heavy (non-hydrogen) atoms. The van der Waals surface area contributed by atoms with Crippen LogP contribution in [0.2, 0.25) is 0 Å². The van der Waals surface area contributed by atoms with Gasteiger partial charge in [-0.3, -0.25) is 4.79 Å². The zero-order chi connectivity index (χ0) is 12.3. The lowest BCUT2D eigenvalue weighted by Crippen LogP contribution is -2.16. The number of hydrogen-bond acceptors (Lipinski definition) is 2. The van der Waals surface area contributed by atoms with Crippen molar-refractivity contribution in [3.63, 3.8) is 0 Å². The summed E-state index contributed by atoms with van der Waals surface area (Å²) in [6.07, 6.45) is 6.08. The molecule has 0 aliphatic rings. The second kappa shape index (κ2) is 8.50. The Morgan fingerprint density at radius 2 is 2.12 bits per heavy atom. The van der Waals surface area contributed by atoms with Crippen LogP contribution in [0.5, 0.6) is 0 Å². The van der Waals surface area contributed by atoms with Gasteiger partial charge in [0.2, 0.25) is 5.91 Å². The number of amides is 1. The van der Waals surface area contributed by atoms with Crippen molar-refractivity contribution < 1.29 is 4.79 Å². The molecule has 0 heterocycles. The molecule has 0 bridgehead atoms. The smallest absolute Gasteiger partial charge is 0.240 e. The van der Waals surface area contributed by atoms with E-state index in [4.69, 9.17) is 0 Å². The largest absolute Gasteiger partial charge is 0.273 e. The van der Waals surface area contributed by atoms with Crippen molar-refractivity contribution >= 4 is 12.1 Å². The maximum absolute atomic E-state index is 11.2. The minimum absolute atomic E-state index is 0.00260. The van der Waals surface area contributed by atoms with Gasteiger partial charge in [-0.1, -0.05) is 43.7 Å². The summed E-state index contributed by atoms with van der Waals surface area (Å²) in [5.41, 5.74) is 3.82. The molecule has 0 aromatic heterocycles. The fraction of sp³-hybridized carbons (Fsp3) is 0.429. The van der Waals surface area contributed by atoms with Crippen LogP contribution in [0.25, 0.3) is 0 Å². The molecule has 3 nitrogen and oxygen atoms in total. The van der Waals surface area contributed by atoms with Crippen molar-refractivity contribution in [2.24, 2.45) is 5.10 Å². The Bertz CT molecular complexity index is 346. The van der Waals surface area contributed by atoms with Crippen molar-refractivity contribution in [1.29, 1.82) is 0 Å². The Labute approximate surface area is 103 Å². The highest BCUT2D eigenvalue weighted by Crippen LogP contribution is 2.00. The van der Waals surface area contributed by atoms with E-state index in [9.17, 15) is 4.79 Å². The second-order valence-electron chi connectivity index (χ2n) is 3.97. The van der Waals surface area contributed by atoms with E-state index in [2.05, 4.69) is 29.6 Å². The summed E-state index contributed by atoms with van der Waals surface area (Å²) in [7, 11) is 0. The Balaban J connectivity index is 2.12. The van der Waals surface area contributed by atoms with Gasteiger partial charge in [-0.25, -0.2) is 5.43 Å². The predicted molar refractivity (Wildman–Crippen MR) is 70.9 cm³/mol. The number of carbonyl (C=O) groups excluding carboxylic acids is 1. The summed E-state index contributed by atoms with van der Waals surface area (Å²) < 4.78 is 0. The van der Waals surface area contributed by atoms with Gasteiger partial charge in [0.05, 0.1) is 0 Å². The number of aryl methyl sites for hydroxylation is 1. The summed E-state index contributed by atoms with van der Waals surface area (Å²) >= 11 is 0.